The van der Waals surface area contributed by atoms with Crippen LogP contribution in [0.1, 0.15) is 11.1 Å². The lowest BCUT2D eigenvalue weighted by Gasteiger charge is -2.09. The molecule has 0 atom stereocenters. The first-order valence-corrected chi connectivity index (χ1v) is 5.91. The number of nitrogens with two attached hydrogens (primary N) is 3. The van der Waals surface area contributed by atoms with Gasteiger partial charge in [-0.15, -0.1) is 4.40 Å². The maximum atomic E-state index is 11.8. The van der Waals surface area contributed by atoms with E-state index in [1.54, 1.807) is 26.0 Å². The van der Waals surface area contributed by atoms with Crippen molar-refractivity contribution in [3.05, 3.63) is 23.3 Å². The number of aryl methyl sites for hydroxylation is 1. The average molecular weight is 242 g/mol. The molecule has 0 saturated carbocycles. The molecule has 6 nitrogen and oxygen atoms in total. The highest BCUT2D eigenvalue weighted by molar-refractivity contribution is 7.90. The molecule has 0 fully saturated rings. The minimum absolute atomic E-state index is 0.0564. The van der Waals surface area contributed by atoms with Crippen LogP contribution in [0.5, 0.6) is 0 Å². The van der Waals surface area contributed by atoms with Crippen LogP contribution in [-0.2, 0) is 10.0 Å². The summed E-state index contributed by atoms with van der Waals surface area (Å²) >= 11 is 0. The van der Waals surface area contributed by atoms with Crippen molar-refractivity contribution in [1.82, 2.24) is 0 Å². The van der Waals surface area contributed by atoms with E-state index in [1.165, 1.54) is 0 Å². The molecule has 1 rings (SSSR count). The molecule has 0 aliphatic rings. The number of benzene rings is 1. The summed E-state index contributed by atoms with van der Waals surface area (Å²) in [5.74, 6) is -0.499. The molecule has 0 bridgehead atoms. The van der Waals surface area contributed by atoms with E-state index in [9.17, 15) is 8.42 Å². The number of anilines is 1. The van der Waals surface area contributed by atoms with Crippen molar-refractivity contribution in [3.8, 4) is 0 Å². The standard InChI is InChI=1S/C9H14N4O2S/c1-5-3-4-7(10)6(2)8(5)16(14,15)13-9(11)12/h3-4H,10H2,1-2H3,(H4,11,12,13). The Balaban J connectivity index is 3.57. The van der Waals surface area contributed by atoms with Crippen molar-refractivity contribution in [2.45, 2.75) is 18.7 Å². The van der Waals surface area contributed by atoms with E-state index in [0.29, 0.717) is 16.8 Å². The van der Waals surface area contributed by atoms with Gasteiger partial charge >= 0.3 is 0 Å². The summed E-state index contributed by atoms with van der Waals surface area (Å²) in [6, 6.07) is 3.25. The normalized spacial score (nSPS) is 11.1. The Morgan fingerprint density at radius 3 is 2.31 bits per heavy atom. The summed E-state index contributed by atoms with van der Waals surface area (Å²) in [6.45, 7) is 3.26. The first kappa shape index (κ1) is 12.3. The van der Waals surface area contributed by atoms with E-state index < -0.39 is 16.0 Å². The van der Waals surface area contributed by atoms with E-state index in [2.05, 4.69) is 4.40 Å². The van der Waals surface area contributed by atoms with Crippen molar-refractivity contribution in [3.63, 3.8) is 0 Å². The van der Waals surface area contributed by atoms with E-state index in [1.807, 2.05) is 0 Å². The fourth-order valence-electron chi connectivity index (χ4n) is 1.42. The second kappa shape index (κ2) is 4.01. The molecule has 0 unspecified atom stereocenters. The molecular weight excluding hydrogens is 228 g/mol. The Bertz CT molecular complexity index is 545. The van der Waals surface area contributed by atoms with Crippen molar-refractivity contribution < 1.29 is 8.42 Å². The molecule has 0 aliphatic carbocycles. The highest BCUT2D eigenvalue weighted by atomic mass is 32.2. The molecule has 88 valence electrons. The number of nitrogen functional groups attached to an aromatic ring is 1. The lowest BCUT2D eigenvalue weighted by Crippen LogP contribution is -2.24. The van der Waals surface area contributed by atoms with Crippen LogP contribution in [0.25, 0.3) is 0 Å². The van der Waals surface area contributed by atoms with Gasteiger partial charge in [0.25, 0.3) is 10.0 Å². The van der Waals surface area contributed by atoms with E-state index in [-0.39, 0.29) is 4.90 Å². The third kappa shape index (κ3) is 2.25. The maximum absolute atomic E-state index is 11.8. The van der Waals surface area contributed by atoms with Crippen LogP contribution in [0.4, 0.5) is 5.69 Å². The molecule has 1 aromatic carbocycles. The highest BCUT2D eigenvalue weighted by Crippen LogP contribution is 2.26. The van der Waals surface area contributed by atoms with Gasteiger partial charge in [0.2, 0.25) is 5.96 Å². The van der Waals surface area contributed by atoms with Crippen molar-refractivity contribution >= 4 is 21.7 Å². The molecule has 1 aromatic rings. The van der Waals surface area contributed by atoms with Gasteiger partial charge in [-0.2, -0.15) is 8.42 Å². The minimum atomic E-state index is -3.89. The van der Waals surface area contributed by atoms with Crippen LogP contribution in [0.15, 0.2) is 21.4 Å². The topological polar surface area (TPSA) is 125 Å². The number of guanidine groups is 1. The van der Waals surface area contributed by atoms with Gasteiger partial charge < -0.3 is 17.2 Å². The summed E-state index contributed by atoms with van der Waals surface area (Å²) in [4.78, 5) is 0.0564. The zero-order chi connectivity index (χ0) is 12.5. The molecule has 0 heterocycles. The Morgan fingerprint density at radius 1 is 1.25 bits per heavy atom. The summed E-state index contributed by atoms with van der Waals surface area (Å²) in [5, 5.41) is 0. The number of sulfonamides is 1. The molecule has 0 amide bonds. The summed E-state index contributed by atoms with van der Waals surface area (Å²) in [7, 11) is -3.89. The smallest absolute Gasteiger partial charge is 0.286 e. The van der Waals surface area contributed by atoms with Crippen LogP contribution in [0, 0.1) is 13.8 Å². The zero-order valence-corrected chi connectivity index (χ0v) is 9.88. The third-order valence-electron chi connectivity index (χ3n) is 2.13. The molecular formula is C9H14N4O2S. The summed E-state index contributed by atoms with van der Waals surface area (Å²) < 4.78 is 26.9. The second-order valence-corrected chi connectivity index (χ2v) is 4.96. The van der Waals surface area contributed by atoms with Gasteiger partial charge in [-0.3, -0.25) is 0 Å². The second-order valence-electron chi connectivity index (χ2n) is 3.42. The predicted octanol–water partition coefficient (Wildman–Crippen LogP) is -0.152. The minimum Gasteiger partial charge on any atom is -0.398 e. The van der Waals surface area contributed by atoms with Crippen LogP contribution >= 0.6 is 0 Å². The SMILES string of the molecule is Cc1ccc(N)c(C)c1S(=O)(=O)N=C(N)N. The van der Waals surface area contributed by atoms with Crippen LogP contribution in [-0.4, -0.2) is 14.4 Å². The number of hydrogen-bond acceptors (Lipinski definition) is 3. The van der Waals surface area contributed by atoms with Crippen molar-refractivity contribution in [2.24, 2.45) is 15.9 Å². The lowest BCUT2D eigenvalue weighted by atomic mass is 10.1. The molecule has 0 aromatic heterocycles. The van der Waals surface area contributed by atoms with E-state index in [0.717, 1.165) is 0 Å². The average Bonchev–Trinajstić information content (AvgIpc) is 2.09. The Kier molecular flexibility index (Phi) is 3.09. The van der Waals surface area contributed by atoms with Gasteiger partial charge in [0.1, 0.15) is 0 Å². The fraction of sp³-hybridized carbons (Fsp3) is 0.222. The van der Waals surface area contributed by atoms with Crippen LogP contribution in [0.3, 0.4) is 0 Å². The van der Waals surface area contributed by atoms with Crippen molar-refractivity contribution in [1.29, 1.82) is 0 Å². The van der Waals surface area contributed by atoms with Gasteiger partial charge in [-0.05, 0) is 31.0 Å². The van der Waals surface area contributed by atoms with Gasteiger partial charge in [-0.1, -0.05) is 6.07 Å². The summed E-state index contributed by atoms with van der Waals surface area (Å²) in [6.07, 6.45) is 0. The van der Waals surface area contributed by atoms with E-state index >= 15 is 0 Å². The lowest BCUT2D eigenvalue weighted by molar-refractivity contribution is 0.596. The van der Waals surface area contributed by atoms with Gasteiger partial charge in [0, 0.05) is 5.69 Å². The molecule has 16 heavy (non-hydrogen) atoms. The Hall–Kier alpha value is -1.76. The number of hydrogen-bond donors (Lipinski definition) is 3. The van der Waals surface area contributed by atoms with Crippen LogP contribution in [0.2, 0.25) is 0 Å². The van der Waals surface area contributed by atoms with Gasteiger partial charge in [0.05, 0.1) is 4.90 Å². The zero-order valence-electron chi connectivity index (χ0n) is 9.06. The van der Waals surface area contributed by atoms with E-state index in [4.69, 9.17) is 17.2 Å². The molecule has 7 heteroatoms. The first-order valence-electron chi connectivity index (χ1n) is 4.47. The monoisotopic (exact) mass is 242 g/mol. The number of rotatable bonds is 2. The van der Waals surface area contributed by atoms with Gasteiger partial charge in [-0.25, -0.2) is 0 Å². The number of nitrogens with zero attached hydrogens (tertiary/aromatic N) is 1. The molecule has 0 saturated heterocycles. The molecule has 0 spiro atoms. The highest BCUT2D eigenvalue weighted by Gasteiger charge is 2.20. The largest absolute Gasteiger partial charge is 0.398 e. The van der Waals surface area contributed by atoms with Crippen molar-refractivity contribution in [2.75, 3.05) is 5.73 Å². The Labute approximate surface area is 94.2 Å². The first-order chi connectivity index (χ1) is 7.25. The van der Waals surface area contributed by atoms with Crippen LogP contribution < -0.4 is 17.2 Å². The third-order valence-corrected chi connectivity index (χ3v) is 3.72. The summed E-state index contributed by atoms with van der Waals surface area (Å²) in [5.41, 5.74) is 17.2. The molecule has 0 radical (unpaired) electrons. The quantitative estimate of drug-likeness (QED) is 0.378. The van der Waals surface area contributed by atoms with Gasteiger partial charge in [0.15, 0.2) is 0 Å². The molecule has 6 N–H and O–H groups in total. The predicted molar refractivity (Wildman–Crippen MR) is 63.3 cm³/mol. The molecule has 0 aliphatic heterocycles. The Morgan fingerprint density at radius 2 is 1.81 bits per heavy atom. The maximum Gasteiger partial charge on any atom is 0.286 e. The fourth-order valence-corrected chi connectivity index (χ4v) is 2.77.